The molecule has 0 fully saturated rings. The Morgan fingerprint density at radius 3 is 2.42 bits per heavy atom. The Hall–Kier alpha value is -2.17. The van der Waals surface area contributed by atoms with Crippen molar-refractivity contribution in [2.24, 2.45) is 0 Å². The van der Waals surface area contributed by atoms with Crippen molar-refractivity contribution in [3.8, 4) is 11.5 Å². The van der Waals surface area contributed by atoms with Crippen LogP contribution in [-0.2, 0) is 12.1 Å². The maximum atomic E-state index is 6.20. The highest BCUT2D eigenvalue weighted by Gasteiger charge is 2.31. The standard InChI is InChI=1S/C19H20ClN3O/c1-14-8-10-16(11-9-14)17-22-23-18(24-17)19(2,13-20)21-12-15-6-4-3-5-7-15/h3-11,21H,12-13H2,1-2H3. The van der Waals surface area contributed by atoms with Gasteiger partial charge in [0.2, 0.25) is 11.8 Å². The van der Waals surface area contributed by atoms with Crippen molar-refractivity contribution >= 4 is 11.6 Å². The molecule has 0 aliphatic carbocycles. The first-order chi connectivity index (χ1) is 11.6. The fourth-order valence-corrected chi connectivity index (χ4v) is 2.54. The third-order valence-corrected chi connectivity index (χ3v) is 4.52. The Labute approximate surface area is 146 Å². The van der Waals surface area contributed by atoms with E-state index in [4.69, 9.17) is 16.0 Å². The van der Waals surface area contributed by atoms with Crippen LogP contribution in [0.4, 0.5) is 0 Å². The maximum Gasteiger partial charge on any atom is 0.247 e. The van der Waals surface area contributed by atoms with E-state index >= 15 is 0 Å². The number of benzene rings is 2. The molecule has 0 saturated heterocycles. The lowest BCUT2D eigenvalue weighted by molar-refractivity contribution is 0.313. The molecular formula is C19H20ClN3O. The average Bonchev–Trinajstić information content (AvgIpc) is 3.12. The number of hydrogen-bond acceptors (Lipinski definition) is 4. The predicted molar refractivity (Wildman–Crippen MR) is 95.8 cm³/mol. The first-order valence-electron chi connectivity index (χ1n) is 7.87. The predicted octanol–water partition coefficient (Wildman–Crippen LogP) is 4.29. The summed E-state index contributed by atoms with van der Waals surface area (Å²) in [4.78, 5) is 0. The summed E-state index contributed by atoms with van der Waals surface area (Å²) in [5.74, 6) is 1.32. The van der Waals surface area contributed by atoms with Crippen LogP contribution in [0.25, 0.3) is 11.5 Å². The van der Waals surface area contributed by atoms with Gasteiger partial charge in [0, 0.05) is 18.0 Å². The van der Waals surface area contributed by atoms with Crippen molar-refractivity contribution in [3.05, 3.63) is 71.6 Å². The lowest BCUT2D eigenvalue weighted by atomic mass is 10.0. The molecule has 0 aliphatic rings. The van der Waals surface area contributed by atoms with Gasteiger partial charge in [0.05, 0.1) is 0 Å². The second-order valence-corrected chi connectivity index (χ2v) is 6.35. The molecule has 3 rings (SSSR count). The Morgan fingerprint density at radius 2 is 1.75 bits per heavy atom. The minimum absolute atomic E-state index is 0.329. The fraction of sp³-hybridized carbons (Fsp3) is 0.263. The van der Waals surface area contributed by atoms with E-state index in [0.717, 1.165) is 5.56 Å². The Bertz CT molecular complexity index is 786. The third kappa shape index (κ3) is 3.66. The average molecular weight is 342 g/mol. The van der Waals surface area contributed by atoms with E-state index in [1.807, 2.05) is 56.3 Å². The molecule has 1 heterocycles. The lowest BCUT2D eigenvalue weighted by Gasteiger charge is -2.24. The molecule has 124 valence electrons. The van der Waals surface area contributed by atoms with E-state index < -0.39 is 5.54 Å². The molecular weight excluding hydrogens is 322 g/mol. The Balaban J connectivity index is 1.79. The number of nitrogens with zero attached hydrogens (tertiary/aromatic N) is 2. The van der Waals surface area contributed by atoms with Gasteiger partial charge in [-0.1, -0.05) is 48.0 Å². The largest absolute Gasteiger partial charge is 0.419 e. The van der Waals surface area contributed by atoms with Crippen molar-refractivity contribution in [2.45, 2.75) is 25.9 Å². The van der Waals surface area contributed by atoms with E-state index in [-0.39, 0.29) is 0 Å². The maximum absolute atomic E-state index is 6.20. The molecule has 0 bridgehead atoms. The molecule has 5 heteroatoms. The first kappa shape index (κ1) is 16.7. The van der Waals surface area contributed by atoms with Gasteiger partial charge in [-0.25, -0.2) is 0 Å². The second-order valence-electron chi connectivity index (χ2n) is 6.08. The number of nitrogens with one attached hydrogen (secondary N) is 1. The summed E-state index contributed by atoms with van der Waals surface area (Å²) in [5.41, 5.74) is 2.67. The van der Waals surface area contributed by atoms with E-state index in [2.05, 4.69) is 27.6 Å². The van der Waals surface area contributed by atoms with Crippen molar-refractivity contribution in [2.75, 3.05) is 5.88 Å². The number of alkyl halides is 1. The van der Waals surface area contributed by atoms with E-state index in [9.17, 15) is 0 Å². The topological polar surface area (TPSA) is 51.0 Å². The molecule has 1 unspecified atom stereocenters. The molecule has 0 radical (unpaired) electrons. The molecule has 24 heavy (non-hydrogen) atoms. The zero-order chi connectivity index (χ0) is 17.0. The summed E-state index contributed by atoms with van der Waals surface area (Å²) >= 11 is 6.20. The summed E-state index contributed by atoms with van der Waals surface area (Å²) in [7, 11) is 0. The summed E-state index contributed by atoms with van der Waals surface area (Å²) < 4.78 is 5.88. The number of hydrogen-bond donors (Lipinski definition) is 1. The molecule has 0 spiro atoms. The summed E-state index contributed by atoms with van der Waals surface area (Å²) in [5, 5.41) is 11.8. The highest BCUT2D eigenvalue weighted by atomic mass is 35.5. The summed E-state index contributed by atoms with van der Waals surface area (Å²) in [6, 6.07) is 18.1. The molecule has 4 nitrogen and oxygen atoms in total. The van der Waals surface area contributed by atoms with Crippen LogP contribution in [0, 0.1) is 6.92 Å². The van der Waals surface area contributed by atoms with Gasteiger partial charge < -0.3 is 4.42 Å². The lowest BCUT2D eigenvalue weighted by Crippen LogP contribution is -2.41. The first-order valence-corrected chi connectivity index (χ1v) is 8.40. The van der Waals surface area contributed by atoms with Crippen LogP contribution in [-0.4, -0.2) is 16.1 Å². The van der Waals surface area contributed by atoms with E-state index in [1.54, 1.807) is 0 Å². The fourth-order valence-electron chi connectivity index (χ4n) is 2.33. The van der Waals surface area contributed by atoms with Crippen LogP contribution < -0.4 is 5.32 Å². The summed E-state index contributed by atoms with van der Waals surface area (Å²) in [6.45, 7) is 4.68. The molecule has 0 saturated carbocycles. The normalized spacial score (nSPS) is 13.6. The molecule has 1 atom stereocenters. The monoisotopic (exact) mass is 341 g/mol. The van der Waals surface area contributed by atoms with Crippen LogP contribution in [0.3, 0.4) is 0 Å². The number of halogens is 1. The molecule has 2 aromatic carbocycles. The van der Waals surface area contributed by atoms with E-state index in [1.165, 1.54) is 11.1 Å². The van der Waals surface area contributed by atoms with Crippen molar-refractivity contribution < 1.29 is 4.42 Å². The van der Waals surface area contributed by atoms with Gasteiger partial charge in [0.15, 0.2) is 0 Å². The minimum atomic E-state index is -0.590. The van der Waals surface area contributed by atoms with E-state index in [0.29, 0.717) is 24.2 Å². The molecule has 3 aromatic rings. The molecule has 0 amide bonds. The molecule has 0 aliphatic heterocycles. The molecule has 1 aromatic heterocycles. The van der Waals surface area contributed by atoms with Gasteiger partial charge in [0.1, 0.15) is 5.54 Å². The van der Waals surface area contributed by atoms with Gasteiger partial charge in [-0.05, 0) is 31.5 Å². The van der Waals surface area contributed by atoms with Crippen LogP contribution in [0.5, 0.6) is 0 Å². The smallest absolute Gasteiger partial charge is 0.247 e. The quantitative estimate of drug-likeness (QED) is 0.679. The summed E-state index contributed by atoms with van der Waals surface area (Å²) in [6.07, 6.45) is 0. The van der Waals surface area contributed by atoms with Crippen molar-refractivity contribution in [1.29, 1.82) is 0 Å². The molecule has 1 N–H and O–H groups in total. The van der Waals surface area contributed by atoms with Crippen molar-refractivity contribution in [1.82, 2.24) is 15.5 Å². The van der Waals surface area contributed by atoms with Crippen molar-refractivity contribution in [3.63, 3.8) is 0 Å². The minimum Gasteiger partial charge on any atom is -0.419 e. The van der Waals surface area contributed by atoms with Gasteiger partial charge in [0.25, 0.3) is 0 Å². The Kier molecular flexibility index (Phi) is 4.97. The second kappa shape index (κ2) is 7.16. The van der Waals surface area contributed by atoms with Crippen LogP contribution in [0.15, 0.2) is 59.0 Å². The van der Waals surface area contributed by atoms with Gasteiger partial charge >= 0.3 is 0 Å². The third-order valence-electron chi connectivity index (χ3n) is 3.99. The SMILES string of the molecule is Cc1ccc(-c2nnc(C(C)(CCl)NCc3ccccc3)o2)cc1. The van der Waals surface area contributed by atoms with Crippen LogP contribution in [0.2, 0.25) is 0 Å². The number of aryl methyl sites for hydroxylation is 1. The van der Waals surface area contributed by atoms with Gasteiger partial charge in [-0.15, -0.1) is 21.8 Å². The highest BCUT2D eigenvalue weighted by Crippen LogP contribution is 2.26. The number of aromatic nitrogens is 2. The zero-order valence-electron chi connectivity index (χ0n) is 13.8. The Morgan fingerprint density at radius 1 is 1.04 bits per heavy atom. The number of rotatable bonds is 6. The zero-order valence-corrected chi connectivity index (χ0v) is 14.5. The van der Waals surface area contributed by atoms with Crippen LogP contribution >= 0.6 is 11.6 Å². The highest BCUT2D eigenvalue weighted by molar-refractivity contribution is 6.18. The van der Waals surface area contributed by atoms with Gasteiger partial charge in [-0.3, -0.25) is 5.32 Å². The van der Waals surface area contributed by atoms with Gasteiger partial charge in [-0.2, -0.15) is 0 Å². The van der Waals surface area contributed by atoms with Crippen LogP contribution in [0.1, 0.15) is 23.9 Å².